The third-order valence-electron chi connectivity index (χ3n) is 2.93. The summed E-state index contributed by atoms with van der Waals surface area (Å²) in [6.07, 6.45) is 0. The number of benzene rings is 2. The van der Waals surface area contributed by atoms with Crippen LogP contribution in [0.25, 0.3) is 0 Å². The van der Waals surface area contributed by atoms with Gasteiger partial charge in [-0.25, -0.2) is 22.0 Å². The normalized spacial score (nSPS) is 10.6. The van der Waals surface area contributed by atoms with Gasteiger partial charge in [0, 0.05) is 4.90 Å². The van der Waals surface area contributed by atoms with E-state index in [1.165, 1.54) is 0 Å². The zero-order valence-electron chi connectivity index (χ0n) is 12.2. The molecule has 0 radical (unpaired) electrons. The van der Waals surface area contributed by atoms with Crippen molar-refractivity contribution in [3.8, 4) is 0 Å². The molecule has 0 bridgehead atoms. The van der Waals surface area contributed by atoms with Gasteiger partial charge in [0.1, 0.15) is 5.69 Å². The molecule has 9 heteroatoms. The van der Waals surface area contributed by atoms with E-state index in [9.17, 15) is 26.7 Å². The Morgan fingerprint density at radius 1 is 0.917 bits per heavy atom. The lowest BCUT2D eigenvalue weighted by Gasteiger charge is -2.11. The number of nitrogens with one attached hydrogen (secondary N) is 2. The molecule has 24 heavy (non-hydrogen) atoms. The number of thioether (sulfide) groups is 1. The minimum absolute atomic E-state index is 0.120. The Morgan fingerprint density at radius 3 is 1.96 bits per heavy atom. The monoisotopic (exact) mass is 362 g/mol. The number of amides is 1. The van der Waals surface area contributed by atoms with Crippen molar-refractivity contribution in [3.05, 3.63) is 58.9 Å². The maximum Gasteiger partial charge on any atom is 0.248 e. The van der Waals surface area contributed by atoms with E-state index in [0.717, 1.165) is 22.2 Å². The lowest BCUT2D eigenvalue weighted by Crippen LogP contribution is -2.32. The molecule has 2 aromatic rings. The summed E-state index contributed by atoms with van der Waals surface area (Å²) in [5, 5.41) is 0. The van der Waals surface area contributed by atoms with E-state index in [-0.39, 0.29) is 5.75 Å². The van der Waals surface area contributed by atoms with Gasteiger partial charge in [0.15, 0.2) is 23.3 Å². The number of carbonyl (C=O) groups excluding carboxylic acids is 1. The van der Waals surface area contributed by atoms with Crippen LogP contribution in [0, 0.1) is 36.0 Å². The second-order valence-corrected chi connectivity index (χ2v) is 5.77. The largest absolute Gasteiger partial charge is 0.293 e. The van der Waals surface area contributed by atoms with Gasteiger partial charge in [-0.1, -0.05) is 17.7 Å². The van der Waals surface area contributed by atoms with Crippen molar-refractivity contribution in [1.82, 2.24) is 5.43 Å². The fraction of sp³-hybridized carbons (Fsp3) is 0.133. The first kappa shape index (κ1) is 18.1. The summed E-state index contributed by atoms with van der Waals surface area (Å²) in [5.41, 5.74) is 3.34. The first-order chi connectivity index (χ1) is 11.3. The van der Waals surface area contributed by atoms with Gasteiger partial charge in [0.25, 0.3) is 0 Å². The molecule has 0 saturated heterocycles. The molecule has 128 valence electrons. The predicted octanol–water partition coefficient (Wildman–Crippen LogP) is 3.93. The number of hydrazine groups is 1. The molecule has 0 aliphatic heterocycles. The highest BCUT2D eigenvalue weighted by Gasteiger charge is 2.25. The Labute approximate surface area is 138 Å². The molecule has 2 N–H and O–H groups in total. The van der Waals surface area contributed by atoms with Crippen molar-refractivity contribution in [2.75, 3.05) is 11.2 Å². The molecule has 3 nitrogen and oxygen atoms in total. The van der Waals surface area contributed by atoms with Gasteiger partial charge in [-0.2, -0.15) is 0 Å². The van der Waals surface area contributed by atoms with Gasteiger partial charge >= 0.3 is 0 Å². The predicted molar refractivity (Wildman–Crippen MR) is 79.9 cm³/mol. The van der Waals surface area contributed by atoms with E-state index in [1.54, 1.807) is 17.6 Å². The minimum Gasteiger partial charge on any atom is -0.293 e. The van der Waals surface area contributed by atoms with Gasteiger partial charge in [0.05, 0.1) is 5.75 Å². The lowest BCUT2D eigenvalue weighted by atomic mass is 10.2. The summed E-state index contributed by atoms with van der Waals surface area (Å²) < 4.78 is 65.7. The topological polar surface area (TPSA) is 41.1 Å². The molecule has 0 atom stereocenters. The molecule has 0 aromatic heterocycles. The van der Waals surface area contributed by atoms with Gasteiger partial charge in [0.2, 0.25) is 11.7 Å². The Morgan fingerprint density at radius 2 is 1.42 bits per heavy atom. The van der Waals surface area contributed by atoms with Crippen LogP contribution < -0.4 is 10.9 Å². The van der Waals surface area contributed by atoms with Gasteiger partial charge in [-0.15, -0.1) is 11.8 Å². The van der Waals surface area contributed by atoms with Crippen molar-refractivity contribution in [1.29, 1.82) is 0 Å². The van der Waals surface area contributed by atoms with Crippen molar-refractivity contribution in [2.24, 2.45) is 0 Å². The van der Waals surface area contributed by atoms with Crippen LogP contribution in [0.3, 0.4) is 0 Å². The van der Waals surface area contributed by atoms with E-state index in [4.69, 9.17) is 0 Å². The van der Waals surface area contributed by atoms with Crippen LogP contribution in [-0.2, 0) is 4.79 Å². The highest BCUT2D eigenvalue weighted by molar-refractivity contribution is 8.00. The maximum atomic E-state index is 13.4. The molecule has 0 aliphatic rings. The molecule has 0 fully saturated rings. The first-order valence-electron chi connectivity index (χ1n) is 6.57. The third-order valence-corrected chi connectivity index (χ3v) is 3.94. The van der Waals surface area contributed by atoms with Crippen molar-refractivity contribution >= 4 is 23.4 Å². The molecule has 2 rings (SSSR count). The summed E-state index contributed by atoms with van der Waals surface area (Å²) >= 11 is 1.14. The quantitative estimate of drug-likeness (QED) is 0.278. The second-order valence-electron chi connectivity index (χ2n) is 4.72. The molecule has 0 aliphatic carbocycles. The number of hydrogen-bond donors (Lipinski definition) is 2. The molecule has 0 saturated carbocycles. The molecule has 1 amide bonds. The van der Waals surface area contributed by atoms with Gasteiger partial charge in [-0.05, 0) is 19.1 Å². The van der Waals surface area contributed by atoms with E-state index < -0.39 is 40.7 Å². The van der Waals surface area contributed by atoms with Crippen molar-refractivity contribution < 1.29 is 26.7 Å². The van der Waals surface area contributed by atoms with Crippen LogP contribution in [0.5, 0.6) is 0 Å². The van der Waals surface area contributed by atoms with Crippen LogP contribution in [-0.4, -0.2) is 11.7 Å². The molecule has 0 heterocycles. The summed E-state index contributed by atoms with van der Waals surface area (Å²) in [5.74, 6) is -11.4. The molecular formula is C15H11F5N2OS. The van der Waals surface area contributed by atoms with Crippen LogP contribution in [0.1, 0.15) is 5.56 Å². The van der Waals surface area contributed by atoms with Crippen molar-refractivity contribution in [2.45, 2.75) is 11.8 Å². The lowest BCUT2D eigenvalue weighted by molar-refractivity contribution is -0.118. The summed E-state index contributed by atoms with van der Waals surface area (Å²) in [6.45, 7) is 1.90. The number of halogens is 5. The van der Waals surface area contributed by atoms with Crippen LogP contribution in [0.4, 0.5) is 27.6 Å². The minimum atomic E-state index is -2.27. The maximum absolute atomic E-state index is 13.4. The van der Waals surface area contributed by atoms with E-state index in [0.29, 0.717) is 0 Å². The average Bonchev–Trinajstić information content (AvgIpc) is 2.57. The second kappa shape index (κ2) is 7.52. The zero-order valence-corrected chi connectivity index (χ0v) is 13.0. The average molecular weight is 362 g/mol. The molecule has 2 aromatic carbocycles. The molecule has 0 unspecified atom stereocenters. The highest BCUT2D eigenvalue weighted by Crippen LogP contribution is 2.26. The fourth-order valence-corrected chi connectivity index (χ4v) is 2.36. The summed E-state index contributed by atoms with van der Waals surface area (Å²) in [4.78, 5) is 12.4. The number of carbonyl (C=O) groups is 1. The van der Waals surface area contributed by atoms with E-state index in [2.05, 4.69) is 0 Å². The number of anilines is 1. The van der Waals surface area contributed by atoms with Crippen molar-refractivity contribution in [3.63, 3.8) is 0 Å². The number of aryl methyl sites for hydroxylation is 1. The Bertz CT molecular complexity index is 738. The zero-order chi connectivity index (χ0) is 17.9. The fourth-order valence-electron chi connectivity index (χ4n) is 1.67. The summed E-state index contributed by atoms with van der Waals surface area (Å²) in [7, 11) is 0. The molecule has 0 spiro atoms. The van der Waals surface area contributed by atoms with Gasteiger partial charge in [-0.3, -0.25) is 15.6 Å². The molecular weight excluding hydrogens is 351 g/mol. The first-order valence-corrected chi connectivity index (χ1v) is 7.55. The third kappa shape index (κ3) is 3.97. The van der Waals surface area contributed by atoms with Crippen LogP contribution in [0.15, 0.2) is 29.2 Å². The number of hydrogen-bond acceptors (Lipinski definition) is 3. The van der Waals surface area contributed by atoms with E-state index >= 15 is 0 Å². The van der Waals surface area contributed by atoms with Gasteiger partial charge < -0.3 is 0 Å². The SMILES string of the molecule is Cc1ccc(SCC(=O)NNc2c(F)c(F)c(F)c(F)c2F)cc1. The Balaban J connectivity index is 1.98. The van der Waals surface area contributed by atoms with E-state index in [1.807, 2.05) is 24.5 Å². The summed E-state index contributed by atoms with van der Waals surface area (Å²) in [6, 6.07) is 7.25. The highest BCUT2D eigenvalue weighted by atomic mass is 32.2. The Kier molecular flexibility index (Phi) is 5.66. The smallest absolute Gasteiger partial charge is 0.248 e. The standard InChI is InChI=1S/C15H11F5N2OS/c1-7-2-4-8(5-3-7)24-6-9(23)21-22-15-13(19)11(17)10(16)12(18)14(15)20/h2-5,22H,6H2,1H3,(H,21,23). The van der Waals surface area contributed by atoms with Crippen LogP contribution in [0.2, 0.25) is 0 Å². The number of rotatable bonds is 5. The Hall–Kier alpha value is -2.29. The van der Waals surface area contributed by atoms with Crippen LogP contribution >= 0.6 is 11.8 Å².